The van der Waals surface area contributed by atoms with Crippen LogP contribution in [0.5, 0.6) is 0 Å². The Kier molecular flexibility index (Phi) is 2.21. The van der Waals surface area contributed by atoms with Gasteiger partial charge in [-0.3, -0.25) is 0 Å². The van der Waals surface area contributed by atoms with Crippen LogP contribution < -0.4 is 4.68 Å². The summed E-state index contributed by atoms with van der Waals surface area (Å²) in [6.45, 7) is 3.01. The van der Waals surface area contributed by atoms with E-state index in [4.69, 9.17) is 4.74 Å². The van der Waals surface area contributed by atoms with E-state index in [9.17, 15) is 4.79 Å². The molecule has 1 aromatic carbocycles. The van der Waals surface area contributed by atoms with E-state index >= 15 is 0 Å². The van der Waals surface area contributed by atoms with Crippen molar-refractivity contribution in [2.45, 2.75) is 13.5 Å². The molecule has 4 nitrogen and oxygen atoms in total. The molecule has 0 saturated carbocycles. The second-order valence-electron chi connectivity index (χ2n) is 4.00. The number of esters is 1. The summed E-state index contributed by atoms with van der Waals surface area (Å²) < 4.78 is 8.99. The lowest BCUT2D eigenvalue weighted by Crippen LogP contribution is -2.36. The largest absolute Gasteiger partial charge is 0.462 e. The Morgan fingerprint density at radius 2 is 2.29 bits per heavy atom. The fourth-order valence-corrected chi connectivity index (χ4v) is 2.15. The Bertz CT molecular complexity index is 587. The minimum absolute atomic E-state index is 0.264. The van der Waals surface area contributed by atoms with Crippen LogP contribution in [0.25, 0.3) is 5.69 Å². The lowest BCUT2D eigenvalue weighted by Gasteiger charge is -1.96. The molecule has 0 spiro atoms. The number of rotatable bonds is 2. The molecule has 1 aliphatic heterocycles. The molecule has 3 rings (SSSR count). The molecule has 0 aliphatic carbocycles. The first-order chi connectivity index (χ1) is 8.29. The highest BCUT2D eigenvalue weighted by atomic mass is 16.5. The number of carbonyl (C=O) groups excluding carboxylic acids is 1. The van der Waals surface area contributed by atoms with E-state index < -0.39 is 0 Å². The van der Waals surface area contributed by atoms with E-state index in [1.807, 2.05) is 46.9 Å². The van der Waals surface area contributed by atoms with Gasteiger partial charge in [0.05, 0.1) is 12.8 Å². The Morgan fingerprint density at radius 3 is 3.12 bits per heavy atom. The molecule has 0 unspecified atom stereocenters. The third-order valence-corrected chi connectivity index (χ3v) is 2.91. The Balaban J connectivity index is 2.01. The molecule has 0 atom stereocenters. The van der Waals surface area contributed by atoms with Crippen molar-refractivity contribution in [3.05, 3.63) is 47.8 Å². The van der Waals surface area contributed by atoms with Gasteiger partial charge in [0.2, 0.25) is 6.20 Å². The van der Waals surface area contributed by atoms with Crippen molar-refractivity contribution in [2.24, 2.45) is 0 Å². The van der Waals surface area contributed by atoms with Gasteiger partial charge >= 0.3 is 5.97 Å². The van der Waals surface area contributed by atoms with Gasteiger partial charge in [-0.05, 0) is 13.0 Å². The highest BCUT2D eigenvalue weighted by Gasteiger charge is 2.27. The maximum atomic E-state index is 11.6. The van der Waals surface area contributed by atoms with Crippen LogP contribution in [0, 0.1) is 0 Å². The predicted octanol–water partition coefficient (Wildman–Crippen LogP) is 1.30. The van der Waals surface area contributed by atoms with Gasteiger partial charge in [-0.25, -0.2) is 4.79 Å². The summed E-state index contributed by atoms with van der Waals surface area (Å²) in [6, 6.07) is 8.17. The van der Waals surface area contributed by atoms with Crippen LogP contribution in [0.4, 0.5) is 0 Å². The third-order valence-electron chi connectivity index (χ3n) is 2.91. The highest BCUT2D eigenvalue weighted by molar-refractivity contribution is 5.88. The molecule has 1 aliphatic rings. The van der Waals surface area contributed by atoms with Gasteiger partial charge in [0, 0.05) is 5.56 Å². The molecule has 0 radical (unpaired) electrons. The fourth-order valence-electron chi connectivity index (χ4n) is 2.15. The zero-order chi connectivity index (χ0) is 11.8. The van der Waals surface area contributed by atoms with Gasteiger partial charge in [0.15, 0.2) is 6.54 Å². The maximum Gasteiger partial charge on any atom is 0.346 e. The SMILES string of the molecule is CCOC(=O)c1cn2[n+](c1)Cc1ccccc1-2. The van der Waals surface area contributed by atoms with Gasteiger partial charge in [-0.2, -0.15) is 0 Å². The molecule has 0 fully saturated rings. The van der Waals surface area contributed by atoms with E-state index in [-0.39, 0.29) is 5.97 Å². The van der Waals surface area contributed by atoms with Crippen molar-refractivity contribution in [3.8, 4) is 5.69 Å². The Labute approximate surface area is 99.0 Å². The van der Waals surface area contributed by atoms with Crippen LogP contribution in [0.1, 0.15) is 22.8 Å². The number of carbonyl (C=O) groups is 1. The topological polar surface area (TPSA) is 35.1 Å². The smallest absolute Gasteiger partial charge is 0.346 e. The van der Waals surface area contributed by atoms with Crippen molar-refractivity contribution in [1.29, 1.82) is 0 Å². The molecule has 0 saturated heterocycles. The van der Waals surface area contributed by atoms with Crippen molar-refractivity contribution >= 4 is 5.97 Å². The summed E-state index contributed by atoms with van der Waals surface area (Å²) in [4.78, 5) is 11.6. The van der Waals surface area contributed by atoms with Crippen LogP contribution in [0.15, 0.2) is 36.7 Å². The molecule has 17 heavy (non-hydrogen) atoms. The number of ether oxygens (including phenoxy) is 1. The molecule has 4 heteroatoms. The lowest BCUT2D eigenvalue weighted by molar-refractivity contribution is -0.751. The number of benzene rings is 1. The predicted molar refractivity (Wildman–Crippen MR) is 61.0 cm³/mol. The monoisotopic (exact) mass is 229 g/mol. The molecule has 1 aromatic heterocycles. The molecule has 2 aromatic rings. The van der Waals surface area contributed by atoms with Crippen LogP contribution in [-0.4, -0.2) is 17.3 Å². The number of hydrogen-bond acceptors (Lipinski definition) is 2. The number of nitrogens with zero attached hydrogens (tertiary/aromatic N) is 2. The zero-order valence-corrected chi connectivity index (χ0v) is 9.59. The normalized spacial score (nSPS) is 12.1. The van der Waals surface area contributed by atoms with Crippen LogP contribution in [0.2, 0.25) is 0 Å². The summed E-state index contributed by atoms with van der Waals surface area (Å²) >= 11 is 0. The minimum Gasteiger partial charge on any atom is -0.462 e. The Hall–Kier alpha value is -2.10. The molecule has 86 valence electrons. The maximum absolute atomic E-state index is 11.6. The quantitative estimate of drug-likeness (QED) is 0.490. The third kappa shape index (κ3) is 1.53. The van der Waals surface area contributed by atoms with Crippen molar-refractivity contribution in [3.63, 3.8) is 0 Å². The lowest BCUT2D eigenvalue weighted by atomic mass is 10.2. The van der Waals surface area contributed by atoms with Crippen molar-refractivity contribution in [1.82, 2.24) is 4.68 Å². The molecule has 0 N–H and O–H groups in total. The number of fused-ring (bicyclic) bond motifs is 3. The molecular weight excluding hydrogens is 216 g/mol. The summed E-state index contributed by atoms with van der Waals surface area (Å²) in [7, 11) is 0. The number of aromatic nitrogens is 2. The van der Waals surface area contributed by atoms with E-state index in [1.54, 1.807) is 0 Å². The first-order valence-corrected chi connectivity index (χ1v) is 5.67. The van der Waals surface area contributed by atoms with Crippen molar-refractivity contribution < 1.29 is 14.2 Å². The average Bonchev–Trinajstić information content (AvgIpc) is 2.86. The first-order valence-electron chi connectivity index (χ1n) is 5.67. The summed E-state index contributed by atoms with van der Waals surface area (Å²) in [5, 5.41) is 0. The molecule has 2 heterocycles. The van der Waals surface area contributed by atoms with Crippen LogP contribution in [0.3, 0.4) is 0 Å². The summed E-state index contributed by atoms with van der Waals surface area (Å²) in [5.74, 6) is -0.264. The fraction of sp³-hybridized carbons (Fsp3) is 0.231. The van der Waals surface area contributed by atoms with E-state index in [2.05, 4.69) is 6.07 Å². The van der Waals surface area contributed by atoms with E-state index in [1.165, 1.54) is 5.56 Å². The van der Waals surface area contributed by atoms with Gasteiger partial charge in [-0.1, -0.05) is 18.2 Å². The van der Waals surface area contributed by atoms with E-state index in [0.29, 0.717) is 12.2 Å². The van der Waals surface area contributed by atoms with Crippen LogP contribution in [-0.2, 0) is 11.3 Å². The number of para-hydroxylation sites is 1. The van der Waals surface area contributed by atoms with Crippen LogP contribution >= 0.6 is 0 Å². The standard InChI is InChI=1S/C13H13N2O2/c1-2-17-13(16)11-8-14-7-10-5-3-4-6-12(10)15(14)9-11/h3-6,8-9H,2,7H2,1H3/q+1. The minimum atomic E-state index is -0.264. The summed E-state index contributed by atoms with van der Waals surface area (Å²) in [5.41, 5.74) is 2.99. The zero-order valence-electron chi connectivity index (χ0n) is 9.59. The van der Waals surface area contributed by atoms with Gasteiger partial charge < -0.3 is 4.74 Å². The summed E-state index contributed by atoms with van der Waals surface area (Å²) in [6.07, 6.45) is 3.65. The first kappa shape index (κ1) is 10.1. The molecule has 0 bridgehead atoms. The van der Waals surface area contributed by atoms with Gasteiger partial charge in [-0.15, -0.1) is 9.36 Å². The second kappa shape index (κ2) is 3.73. The average molecular weight is 229 g/mol. The van der Waals surface area contributed by atoms with E-state index in [0.717, 1.165) is 12.2 Å². The van der Waals surface area contributed by atoms with Gasteiger partial charge in [0.1, 0.15) is 11.3 Å². The molecule has 0 amide bonds. The van der Waals surface area contributed by atoms with Gasteiger partial charge in [0.25, 0.3) is 0 Å². The highest BCUT2D eigenvalue weighted by Crippen LogP contribution is 2.18. The molecular formula is C13H13N2O2+. The number of hydrogen-bond donors (Lipinski definition) is 0. The Morgan fingerprint density at radius 1 is 1.47 bits per heavy atom. The van der Waals surface area contributed by atoms with Crippen molar-refractivity contribution in [2.75, 3.05) is 6.61 Å². The second-order valence-corrected chi connectivity index (χ2v) is 4.00.